The van der Waals surface area contributed by atoms with Gasteiger partial charge in [-0.3, -0.25) is 5.32 Å². The summed E-state index contributed by atoms with van der Waals surface area (Å²) in [6.45, 7) is 7.00. The van der Waals surface area contributed by atoms with Crippen LogP contribution in [0.5, 0.6) is 0 Å². The molecule has 0 saturated carbocycles. The molecular formula is C20H25NS. The van der Waals surface area contributed by atoms with Crippen molar-refractivity contribution in [3.05, 3.63) is 65.7 Å². The number of hydrogen-bond acceptors (Lipinski definition) is 2. The summed E-state index contributed by atoms with van der Waals surface area (Å²) < 4.78 is 0. The van der Waals surface area contributed by atoms with Gasteiger partial charge in [0.2, 0.25) is 0 Å². The number of fused-ring (bicyclic) bond motifs is 1. The third-order valence-corrected chi connectivity index (χ3v) is 6.36. The Kier molecular flexibility index (Phi) is 4.60. The summed E-state index contributed by atoms with van der Waals surface area (Å²) in [7, 11) is 0. The number of nitrogens with one attached hydrogen (secondary N) is 1. The monoisotopic (exact) mass is 311 g/mol. The van der Waals surface area contributed by atoms with E-state index in [1.807, 2.05) is 11.8 Å². The van der Waals surface area contributed by atoms with Crippen LogP contribution >= 0.6 is 11.8 Å². The Hall–Kier alpha value is -1.25. The molecule has 2 aromatic carbocycles. The number of benzene rings is 2. The van der Waals surface area contributed by atoms with Crippen LogP contribution in [0.1, 0.15) is 44.4 Å². The highest BCUT2D eigenvalue weighted by atomic mass is 32.2. The highest BCUT2D eigenvalue weighted by Gasteiger charge is 2.37. The summed E-state index contributed by atoms with van der Waals surface area (Å²) in [6.07, 6.45) is 1.15. The van der Waals surface area contributed by atoms with Crippen LogP contribution in [0.2, 0.25) is 0 Å². The Bertz CT molecular complexity index is 623. The lowest BCUT2D eigenvalue weighted by Gasteiger charge is -2.39. The van der Waals surface area contributed by atoms with Gasteiger partial charge < -0.3 is 0 Å². The second-order valence-electron chi connectivity index (χ2n) is 6.48. The summed E-state index contributed by atoms with van der Waals surface area (Å²) in [4.78, 5) is 1.42. The van der Waals surface area contributed by atoms with Gasteiger partial charge in [0.1, 0.15) is 0 Å². The zero-order valence-corrected chi connectivity index (χ0v) is 14.5. The van der Waals surface area contributed by atoms with Gasteiger partial charge in [0.15, 0.2) is 0 Å². The van der Waals surface area contributed by atoms with Gasteiger partial charge >= 0.3 is 0 Å². The first kappa shape index (κ1) is 15.6. The molecule has 2 heteroatoms. The van der Waals surface area contributed by atoms with Crippen LogP contribution in [0.15, 0.2) is 59.5 Å². The lowest BCUT2D eigenvalue weighted by molar-refractivity contribution is 0.242. The molecule has 0 radical (unpaired) electrons. The van der Waals surface area contributed by atoms with E-state index in [9.17, 15) is 0 Å². The van der Waals surface area contributed by atoms with Crippen LogP contribution in [-0.4, -0.2) is 11.3 Å². The van der Waals surface area contributed by atoms with Gasteiger partial charge in [0.05, 0.1) is 6.04 Å². The maximum absolute atomic E-state index is 4.03. The smallest absolute Gasteiger partial charge is 0.0592 e. The van der Waals surface area contributed by atoms with Crippen LogP contribution in [-0.2, 0) is 0 Å². The standard InChI is InChI=1S/C20H25NS/c1-4-20(15(2)3)14-22-18-13-9-8-12-17(18)19(21-20)16-10-6-5-7-11-16/h5-13,15,19,21H,4,14H2,1-3H3. The van der Waals surface area contributed by atoms with Crippen molar-refractivity contribution in [3.63, 3.8) is 0 Å². The molecule has 2 aromatic rings. The molecule has 2 unspecified atom stereocenters. The molecule has 1 aliphatic rings. The number of thioether (sulfide) groups is 1. The van der Waals surface area contributed by atoms with E-state index >= 15 is 0 Å². The first-order chi connectivity index (χ1) is 10.7. The van der Waals surface area contributed by atoms with E-state index in [1.165, 1.54) is 16.0 Å². The highest BCUT2D eigenvalue weighted by Crippen LogP contribution is 2.41. The molecule has 1 heterocycles. The average Bonchev–Trinajstić information content (AvgIpc) is 2.74. The van der Waals surface area contributed by atoms with E-state index in [0.717, 1.165) is 12.2 Å². The summed E-state index contributed by atoms with van der Waals surface area (Å²) in [5.74, 6) is 1.73. The summed E-state index contributed by atoms with van der Waals surface area (Å²) in [5, 5.41) is 4.03. The number of rotatable bonds is 3. The minimum absolute atomic E-state index is 0.171. The molecule has 0 saturated heterocycles. The Morgan fingerprint density at radius 3 is 2.45 bits per heavy atom. The lowest BCUT2D eigenvalue weighted by Crippen LogP contribution is -2.52. The van der Waals surface area contributed by atoms with Gasteiger partial charge in [0.25, 0.3) is 0 Å². The third-order valence-electron chi connectivity index (χ3n) is 5.02. The summed E-state index contributed by atoms with van der Waals surface area (Å²) in [5.41, 5.74) is 2.94. The van der Waals surface area contributed by atoms with E-state index in [2.05, 4.69) is 80.7 Å². The molecule has 0 aliphatic carbocycles. The van der Waals surface area contributed by atoms with Crippen molar-refractivity contribution in [3.8, 4) is 0 Å². The normalized spacial score (nSPS) is 24.8. The molecule has 0 amide bonds. The quantitative estimate of drug-likeness (QED) is 0.828. The van der Waals surface area contributed by atoms with E-state index in [1.54, 1.807) is 0 Å². The lowest BCUT2D eigenvalue weighted by atomic mass is 9.83. The molecule has 22 heavy (non-hydrogen) atoms. The van der Waals surface area contributed by atoms with Crippen molar-refractivity contribution in [2.45, 2.75) is 43.7 Å². The molecule has 0 bridgehead atoms. The van der Waals surface area contributed by atoms with Crippen molar-refractivity contribution in [1.82, 2.24) is 5.32 Å². The summed E-state index contributed by atoms with van der Waals surface area (Å²) in [6, 6.07) is 20.0. The van der Waals surface area contributed by atoms with Crippen LogP contribution in [0, 0.1) is 5.92 Å². The Labute approximate surface area is 138 Å². The van der Waals surface area contributed by atoms with E-state index in [-0.39, 0.29) is 11.6 Å². The van der Waals surface area contributed by atoms with Crippen LogP contribution < -0.4 is 5.32 Å². The van der Waals surface area contributed by atoms with Crippen LogP contribution in [0.4, 0.5) is 0 Å². The molecule has 1 N–H and O–H groups in total. The van der Waals surface area contributed by atoms with Gasteiger partial charge in [-0.1, -0.05) is 69.3 Å². The average molecular weight is 311 g/mol. The van der Waals surface area contributed by atoms with Crippen molar-refractivity contribution in [2.75, 3.05) is 5.75 Å². The summed E-state index contributed by atoms with van der Waals surface area (Å²) >= 11 is 2.01. The van der Waals surface area contributed by atoms with E-state index in [0.29, 0.717) is 5.92 Å². The van der Waals surface area contributed by atoms with Crippen molar-refractivity contribution in [2.24, 2.45) is 5.92 Å². The van der Waals surface area contributed by atoms with Gasteiger partial charge in [-0.25, -0.2) is 0 Å². The Morgan fingerprint density at radius 2 is 1.77 bits per heavy atom. The predicted octanol–water partition coefficient (Wildman–Crippen LogP) is 5.28. The first-order valence-electron chi connectivity index (χ1n) is 8.20. The van der Waals surface area contributed by atoms with Crippen molar-refractivity contribution >= 4 is 11.8 Å². The van der Waals surface area contributed by atoms with E-state index < -0.39 is 0 Å². The van der Waals surface area contributed by atoms with Crippen LogP contribution in [0.3, 0.4) is 0 Å². The van der Waals surface area contributed by atoms with Crippen molar-refractivity contribution in [1.29, 1.82) is 0 Å². The SMILES string of the molecule is CCC1(C(C)C)CSc2ccccc2C(c2ccccc2)N1. The van der Waals surface area contributed by atoms with E-state index in [4.69, 9.17) is 0 Å². The molecule has 0 fully saturated rings. The predicted molar refractivity (Wildman–Crippen MR) is 96.4 cm³/mol. The fourth-order valence-electron chi connectivity index (χ4n) is 3.32. The third kappa shape index (κ3) is 2.82. The van der Waals surface area contributed by atoms with Gasteiger partial charge in [-0.2, -0.15) is 0 Å². The fourth-order valence-corrected chi connectivity index (χ4v) is 4.88. The molecule has 3 rings (SSSR count). The van der Waals surface area contributed by atoms with Gasteiger partial charge in [0, 0.05) is 16.2 Å². The number of hydrogen-bond donors (Lipinski definition) is 1. The van der Waals surface area contributed by atoms with Crippen molar-refractivity contribution < 1.29 is 0 Å². The zero-order valence-electron chi connectivity index (χ0n) is 13.7. The highest BCUT2D eigenvalue weighted by molar-refractivity contribution is 7.99. The molecule has 116 valence electrons. The topological polar surface area (TPSA) is 12.0 Å². The van der Waals surface area contributed by atoms with Crippen LogP contribution in [0.25, 0.3) is 0 Å². The minimum atomic E-state index is 0.171. The maximum Gasteiger partial charge on any atom is 0.0592 e. The maximum atomic E-state index is 4.03. The molecule has 0 aromatic heterocycles. The zero-order chi connectivity index (χ0) is 15.6. The first-order valence-corrected chi connectivity index (χ1v) is 9.19. The molecule has 2 atom stereocenters. The Morgan fingerprint density at radius 1 is 1.09 bits per heavy atom. The second-order valence-corrected chi connectivity index (χ2v) is 7.50. The molecular weight excluding hydrogens is 286 g/mol. The molecule has 0 spiro atoms. The van der Waals surface area contributed by atoms with Gasteiger partial charge in [-0.05, 0) is 29.5 Å². The molecule has 1 nitrogen and oxygen atoms in total. The fraction of sp³-hybridized carbons (Fsp3) is 0.400. The second kappa shape index (κ2) is 6.47. The Balaban J connectivity index is 2.10. The largest absolute Gasteiger partial charge is 0.300 e. The molecule has 1 aliphatic heterocycles. The van der Waals surface area contributed by atoms with Gasteiger partial charge in [-0.15, -0.1) is 11.8 Å². The minimum Gasteiger partial charge on any atom is -0.300 e.